The molecule has 3 aromatic rings. The monoisotopic (exact) mass is 457 g/mol. The number of hydrogen-bond donors (Lipinski definition) is 1. The Morgan fingerprint density at radius 3 is 2.32 bits per heavy atom. The molecular formula is C24H21Cl2NO4. The van der Waals surface area contributed by atoms with Crippen LogP contribution in [0, 0.1) is 0 Å². The average molecular weight is 458 g/mol. The molecule has 0 aromatic heterocycles. The Hall–Kier alpha value is -3.02. The van der Waals surface area contributed by atoms with Gasteiger partial charge in [0.1, 0.15) is 11.8 Å². The van der Waals surface area contributed by atoms with Gasteiger partial charge in [-0.25, -0.2) is 4.79 Å². The van der Waals surface area contributed by atoms with Crippen LogP contribution < -0.4 is 4.74 Å². The highest BCUT2D eigenvalue weighted by molar-refractivity contribution is 6.36. The summed E-state index contributed by atoms with van der Waals surface area (Å²) in [5, 5.41) is 10.6. The zero-order valence-electron chi connectivity index (χ0n) is 16.8. The van der Waals surface area contributed by atoms with Gasteiger partial charge in [0.05, 0.1) is 17.7 Å². The van der Waals surface area contributed by atoms with Crippen LogP contribution in [0.25, 0.3) is 0 Å². The highest BCUT2D eigenvalue weighted by atomic mass is 35.5. The molecule has 0 aliphatic carbocycles. The summed E-state index contributed by atoms with van der Waals surface area (Å²) in [6, 6.07) is 19.8. The van der Waals surface area contributed by atoms with Gasteiger partial charge in [-0.2, -0.15) is 0 Å². The normalized spacial score (nSPS) is 11.6. The molecule has 1 atom stereocenters. The van der Waals surface area contributed by atoms with Crippen molar-refractivity contribution >= 4 is 35.1 Å². The van der Waals surface area contributed by atoms with Crippen LogP contribution in [-0.2, 0) is 17.8 Å². The van der Waals surface area contributed by atoms with E-state index >= 15 is 0 Å². The van der Waals surface area contributed by atoms with E-state index in [1.54, 1.807) is 31.4 Å². The first-order valence-corrected chi connectivity index (χ1v) is 10.3. The van der Waals surface area contributed by atoms with Gasteiger partial charge in [0.15, 0.2) is 0 Å². The molecule has 7 heteroatoms. The summed E-state index contributed by atoms with van der Waals surface area (Å²) >= 11 is 12.2. The van der Waals surface area contributed by atoms with Crippen LogP contribution in [0.5, 0.6) is 5.75 Å². The molecule has 0 saturated heterocycles. The average Bonchev–Trinajstić information content (AvgIpc) is 2.76. The fraction of sp³-hybridized carbons (Fsp3) is 0.167. The molecule has 0 saturated carbocycles. The zero-order chi connectivity index (χ0) is 22.4. The van der Waals surface area contributed by atoms with Crippen molar-refractivity contribution in [1.29, 1.82) is 0 Å². The van der Waals surface area contributed by atoms with Gasteiger partial charge in [-0.15, -0.1) is 0 Å². The molecule has 31 heavy (non-hydrogen) atoms. The molecular weight excluding hydrogens is 437 g/mol. The number of halogens is 2. The lowest BCUT2D eigenvalue weighted by atomic mass is 10.0. The summed E-state index contributed by atoms with van der Waals surface area (Å²) in [7, 11) is 1.55. The molecule has 1 unspecified atom stereocenters. The number of methoxy groups -OCH3 is 1. The van der Waals surface area contributed by atoms with E-state index in [0.29, 0.717) is 10.8 Å². The largest absolute Gasteiger partial charge is 0.497 e. The Bertz CT molecular complexity index is 1070. The van der Waals surface area contributed by atoms with Gasteiger partial charge in [0.2, 0.25) is 0 Å². The van der Waals surface area contributed by atoms with E-state index in [0.717, 1.165) is 11.1 Å². The number of nitrogens with zero attached hydrogens (tertiary/aromatic N) is 1. The molecule has 5 nitrogen and oxygen atoms in total. The van der Waals surface area contributed by atoms with E-state index in [9.17, 15) is 14.7 Å². The molecule has 0 spiro atoms. The molecule has 0 fully saturated rings. The Morgan fingerprint density at radius 2 is 1.68 bits per heavy atom. The van der Waals surface area contributed by atoms with Crippen LogP contribution in [0.2, 0.25) is 10.0 Å². The van der Waals surface area contributed by atoms with Crippen molar-refractivity contribution in [3.05, 3.63) is 99.5 Å². The quantitative estimate of drug-likeness (QED) is 0.495. The lowest BCUT2D eigenvalue weighted by Crippen LogP contribution is -2.46. The molecule has 0 bridgehead atoms. The molecule has 0 aliphatic rings. The maximum atomic E-state index is 13.5. The Kier molecular flexibility index (Phi) is 7.55. The van der Waals surface area contributed by atoms with Crippen LogP contribution in [-0.4, -0.2) is 35.0 Å². The highest BCUT2D eigenvalue weighted by Crippen LogP contribution is 2.25. The van der Waals surface area contributed by atoms with E-state index in [-0.39, 0.29) is 23.6 Å². The fourth-order valence-corrected chi connectivity index (χ4v) is 3.77. The van der Waals surface area contributed by atoms with E-state index < -0.39 is 17.9 Å². The fourth-order valence-electron chi connectivity index (χ4n) is 3.28. The number of carboxylic acid groups (broad SMARTS) is 1. The van der Waals surface area contributed by atoms with E-state index in [2.05, 4.69) is 0 Å². The molecule has 160 valence electrons. The van der Waals surface area contributed by atoms with Crippen LogP contribution >= 0.6 is 23.2 Å². The first kappa shape index (κ1) is 22.7. The van der Waals surface area contributed by atoms with Gasteiger partial charge in [-0.05, 0) is 41.5 Å². The van der Waals surface area contributed by atoms with Crippen LogP contribution in [0.3, 0.4) is 0 Å². The smallest absolute Gasteiger partial charge is 0.326 e. The Balaban J connectivity index is 2.02. The third-order valence-corrected chi connectivity index (χ3v) is 5.39. The maximum Gasteiger partial charge on any atom is 0.326 e. The second kappa shape index (κ2) is 10.3. The van der Waals surface area contributed by atoms with Crippen molar-refractivity contribution in [2.75, 3.05) is 7.11 Å². The zero-order valence-corrected chi connectivity index (χ0v) is 18.3. The molecule has 0 heterocycles. The first-order valence-electron chi connectivity index (χ1n) is 9.54. The number of carbonyl (C=O) groups excluding carboxylic acids is 1. The summed E-state index contributed by atoms with van der Waals surface area (Å²) in [4.78, 5) is 27.1. The van der Waals surface area contributed by atoms with E-state index in [1.165, 1.54) is 17.0 Å². The number of amides is 1. The predicted octanol–water partition coefficient (Wildman–Crippen LogP) is 5.34. The summed E-state index contributed by atoms with van der Waals surface area (Å²) in [6.45, 7) is 0.0682. The summed E-state index contributed by atoms with van der Waals surface area (Å²) in [5.41, 5.74) is 1.73. The topological polar surface area (TPSA) is 66.8 Å². The first-order chi connectivity index (χ1) is 14.9. The van der Waals surface area contributed by atoms with Gasteiger partial charge < -0.3 is 14.7 Å². The van der Waals surface area contributed by atoms with Crippen molar-refractivity contribution in [2.24, 2.45) is 0 Å². The van der Waals surface area contributed by atoms with Crippen LogP contribution in [0.15, 0.2) is 72.8 Å². The standard InChI is InChI=1S/C24H21Cl2NO4/c1-31-19-9-5-8-17(12-19)15-27(23(28)20-11-10-18(25)14-21(20)26)22(24(29)30)13-16-6-3-2-4-7-16/h2-12,14,22H,13,15H2,1H3,(H,29,30). The maximum absolute atomic E-state index is 13.5. The summed E-state index contributed by atoms with van der Waals surface area (Å²) in [5.74, 6) is -0.984. The minimum atomic E-state index is -1.11. The summed E-state index contributed by atoms with van der Waals surface area (Å²) in [6.07, 6.45) is 0.150. The minimum Gasteiger partial charge on any atom is -0.497 e. The Labute approximate surface area is 190 Å². The van der Waals surface area contributed by atoms with Gasteiger partial charge >= 0.3 is 5.97 Å². The molecule has 3 aromatic carbocycles. The van der Waals surface area contributed by atoms with Crippen LogP contribution in [0.4, 0.5) is 0 Å². The SMILES string of the molecule is COc1cccc(CN(C(=O)c2ccc(Cl)cc2Cl)C(Cc2ccccc2)C(=O)O)c1. The van der Waals surface area contributed by atoms with E-state index in [4.69, 9.17) is 27.9 Å². The lowest BCUT2D eigenvalue weighted by Gasteiger charge is -2.30. The third kappa shape index (κ3) is 5.78. The van der Waals surface area contributed by atoms with Crippen molar-refractivity contribution < 1.29 is 19.4 Å². The van der Waals surface area contributed by atoms with Crippen molar-refractivity contribution in [3.63, 3.8) is 0 Å². The number of benzene rings is 3. The Morgan fingerprint density at radius 1 is 0.968 bits per heavy atom. The van der Waals surface area contributed by atoms with Crippen LogP contribution in [0.1, 0.15) is 21.5 Å². The molecule has 1 N–H and O–H groups in total. The number of hydrogen-bond acceptors (Lipinski definition) is 3. The number of rotatable bonds is 8. The number of carbonyl (C=O) groups is 2. The van der Waals surface area contributed by atoms with Gasteiger partial charge in [0, 0.05) is 18.0 Å². The highest BCUT2D eigenvalue weighted by Gasteiger charge is 2.31. The number of ether oxygens (including phenoxy) is 1. The molecule has 3 rings (SSSR count). The second-order valence-electron chi connectivity index (χ2n) is 6.95. The van der Waals surface area contributed by atoms with Crippen molar-refractivity contribution in [3.8, 4) is 5.75 Å². The lowest BCUT2D eigenvalue weighted by molar-refractivity contribution is -0.142. The van der Waals surface area contributed by atoms with Gasteiger partial charge in [-0.3, -0.25) is 4.79 Å². The van der Waals surface area contributed by atoms with Gasteiger partial charge in [-0.1, -0.05) is 65.7 Å². The molecule has 0 radical (unpaired) electrons. The number of carboxylic acids is 1. The minimum absolute atomic E-state index is 0.0682. The van der Waals surface area contributed by atoms with Crippen molar-refractivity contribution in [2.45, 2.75) is 19.0 Å². The molecule has 0 aliphatic heterocycles. The summed E-state index contributed by atoms with van der Waals surface area (Å²) < 4.78 is 5.26. The molecule has 1 amide bonds. The third-order valence-electron chi connectivity index (χ3n) is 4.84. The van der Waals surface area contributed by atoms with Gasteiger partial charge in [0.25, 0.3) is 5.91 Å². The predicted molar refractivity (Wildman–Crippen MR) is 121 cm³/mol. The van der Waals surface area contributed by atoms with E-state index in [1.807, 2.05) is 36.4 Å². The van der Waals surface area contributed by atoms with Crippen molar-refractivity contribution in [1.82, 2.24) is 4.90 Å². The number of aliphatic carboxylic acids is 1. The second-order valence-corrected chi connectivity index (χ2v) is 7.80.